The van der Waals surface area contributed by atoms with Crippen molar-refractivity contribution in [3.63, 3.8) is 0 Å². The van der Waals surface area contributed by atoms with Gasteiger partial charge in [-0.15, -0.1) is 0 Å². The summed E-state index contributed by atoms with van der Waals surface area (Å²) >= 11 is 0. The van der Waals surface area contributed by atoms with E-state index in [9.17, 15) is 9.59 Å². The zero-order valence-electron chi connectivity index (χ0n) is 20.0. The summed E-state index contributed by atoms with van der Waals surface area (Å²) in [5.74, 6) is 0.498. The lowest BCUT2D eigenvalue weighted by Crippen LogP contribution is -2.51. The fraction of sp³-hybridized carbons (Fsp3) is 0.346. The summed E-state index contributed by atoms with van der Waals surface area (Å²) in [6.45, 7) is 4.41. The Morgan fingerprint density at radius 2 is 1.83 bits per heavy atom. The SMILES string of the molecule is COC(=O)N[C@H](C(=O)N1CCCC1c1ncc(C2=NC=C3C2=CN=C3c2ccccc2)[nH]1)C(C)C. The van der Waals surface area contributed by atoms with Gasteiger partial charge in [-0.3, -0.25) is 14.8 Å². The Kier molecular flexibility index (Phi) is 6.07. The Balaban J connectivity index is 1.32. The molecule has 9 nitrogen and oxygen atoms in total. The number of nitrogens with one attached hydrogen (secondary N) is 2. The number of hydrogen-bond acceptors (Lipinski definition) is 6. The average molecular weight is 473 g/mol. The van der Waals surface area contributed by atoms with Crippen LogP contribution < -0.4 is 5.32 Å². The highest BCUT2D eigenvalue weighted by Crippen LogP contribution is 2.34. The number of fused-ring (bicyclic) bond motifs is 1. The minimum Gasteiger partial charge on any atom is -0.453 e. The summed E-state index contributed by atoms with van der Waals surface area (Å²) in [4.78, 5) is 44.2. The molecule has 0 spiro atoms. The van der Waals surface area contributed by atoms with E-state index in [-0.39, 0.29) is 17.9 Å². The van der Waals surface area contributed by atoms with Gasteiger partial charge in [0.1, 0.15) is 11.9 Å². The second-order valence-corrected chi connectivity index (χ2v) is 9.14. The first kappa shape index (κ1) is 22.8. The van der Waals surface area contributed by atoms with Gasteiger partial charge in [-0.25, -0.2) is 9.78 Å². The third-order valence-corrected chi connectivity index (χ3v) is 6.59. The van der Waals surface area contributed by atoms with Crippen LogP contribution in [0.1, 0.15) is 49.8 Å². The predicted molar refractivity (Wildman–Crippen MR) is 132 cm³/mol. The molecule has 2 N–H and O–H groups in total. The molecule has 5 rings (SSSR count). The van der Waals surface area contributed by atoms with Crippen molar-refractivity contribution in [1.82, 2.24) is 20.2 Å². The Morgan fingerprint density at radius 1 is 1.11 bits per heavy atom. The molecule has 180 valence electrons. The van der Waals surface area contributed by atoms with Gasteiger partial charge in [-0.2, -0.15) is 0 Å². The van der Waals surface area contributed by atoms with Crippen LogP contribution in [0.5, 0.6) is 0 Å². The van der Waals surface area contributed by atoms with Crippen molar-refractivity contribution in [3.8, 4) is 0 Å². The first-order valence-electron chi connectivity index (χ1n) is 11.8. The third-order valence-electron chi connectivity index (χ3n) is 6.59. The van der Waals surface area contributed by atoms with Gasteiger partial charge in [0.15, 0.2) is 0 Å². The number of imidazole rings is 1. The van der Waals surface area contributed by atoms with E-state index in [0.717, 1.165) is 46.7 Å². The Labute approximate surface area is 203 Å². The van der Waals surface area contributed by atoms with Crippen LogP contribution in [0.2, 0.25) is 0 Å². The third kappa shape index (κ3) is 4.18. The highest BCUT2D eigenvalue weighted by Gasteiger charge is 2.38. The van der Waals surface area contributed by atoms with Gasteiger partial charge in [-0.05, 0) is 18.8 Å². The van der Waals surface area contributed by atoms with Crippen molar-refractivity contribution in [3.05, 3.63) is 77.2 Å². The number of nitrogens with zero attached hydrogens (tertiary/aromatic N) is 4. The fourth-order valence-corrected chi connectivity index (χ4v) is 4.77. The van der Waals surface area contributed by atoms with Crippen molar-refractivity contribution in [2.24, 2.45) is 15.9 Å². The number of hydrogen-bond donors (Lipinski definition) is 2. The minimum absolute atomic E-state index is 0.0829. The quantitative estimate of drug-likeness (QED) is 0.670. The summed E-state index contributed by atoms with van der Waals surface area (Å²) < 4.78 is 4.71. The van der Waals surface area contributed by atoms with Gasteiger partial charge in [-0.1, -0.05) is 44.2 Å². The fourth-order valence-electron chi connectivity index (χ4n) is 4.77. The van der Waals surface area contributed by atoms with Crippen molar-refractivity contribution < 1.29 is 14.3 Å². The number of carbonyl (C=O) groups is 2. The van der Waals surface area contributed by atoms with Gasteiger partial charge in [0.25, 0.3) is 0 Å². The summed E-state index contributed by atoms with van der Waals surface area (Å²) in [5.41, 5.74) is 5.48. The number of ether oxygens (including phenoxy) is 1. The number of alkyl carbamates (subject to hydrolysis) is 1. The van der Waals surface area contributed by atoms with Gasteiger partial charge in [0.2, 0.25) is 5.91 Å². The molecule has 0 radical (unpaired) electrons. The number of H-pyrrole nitrogens is 1. The lowest BCUT2D eigenvalue weighted by atomic mass is 9.97. The van der Waals surface area contributed by atoms with Crippen LogP contribution in [0.15, 0.2) is 70.1 Å². The smallest absolute Gasteiger partial charge is 0.407 e. The van der Waals surface area contributed by atoms with Gasteiger partial charge in [0.05, 0.1) is 36.5 Å². The topological polar surface area (TPSA) is 112 Å². The molecule has 1 fully saturated rings. The molecule has 0 saturated carbocycles. The Hall–Kier alpha value is -4.01. The van der Waals surface area contributed by atoms with Crippen molar-refractivity contribution in [2.45, 2.75) is 38.8 Å². The lowest BCUT2D eigenvalue weighted by molar-refractivity contribution is -0.135. The van der Waals surface area contributed by atoms with E-state index in [1.54, 1.807) is 11.1 Å². The van der Waals surface area contributed by atoms with Crippen LogP contribution in [-0.4, -0.2) is 58.0 Å². The summed E-state index contributed by atoms with van der Waals surface area (Å²) in [6.07, 6.45) is 6.50. The molecule has 1 saturated heterocycles. The van der Waals surface area contributed by atoms with E-state index in [2.05, 4.69) is 25.3 Å². The van der Waals surface area contributed by atoms with E-state index in [1.165, 1.54) is 7.11 Å². The molecular weight excluding hydrogens is 444 g/mol. The van der Waals surface area contributed by atoms with E-state index in [1.807, 2.05) is 56.6 Å². The molecule has 3 aliphatic rings. The number of likely N-dealkylation sites (tertiary alicyclic amines) is 1. The first-order valence-corrected chi connectivity index (χ1v) is 11.8. The molecule has 2 atom stereocenters. The maximum Gasteiger partial charge on any atom is 0.407 e. The molecule has 4 heterocycles. The van der Waals surface area contributed by atoms with E-state index in [4.69, 9.17) is 4.74 Å². The van der Waals surface area contributed by atoms with E-state index in [0.29, 0.717) is 12.4 Å². The monoisotopic (exact) mass is 472 g/mol. The number of aromatic amines is 1. The van der Waals surface area contributed by atoms with E-state index >= 15 is 0 Å². The molecule has 2 aromatic rings. The lowest BCUT2D eigenvalue weighted by Gasteiger charge is -2.30. The van der Waals surface area contributed by atoms with Gasteiger partial charge in [0, 0.05) is 35.7 Å². The Morgan fingerprint density at radius 3 is 2.54 bits per heavy atom. The molecule has 35 heavy (non-hydrogen) atoms. The number of aliphatic imine (C=N–C) groups is 2. The Bertz CT molecular complexity index is 1270. The second-order valence-electron chi connectivity index (χ2n) is 9.14. The maximum absolute atomic E-state index is 13.4. The molecular formula is C26H28N6O3. The molecule has 3 aliphatic heterocycles. The van der Waals surface area contributed by atoms with E-state index < -0.39 is 12.1 Å². The number of rotatable bonds is 6. The number of methoxy groups -OCH3 is 1. The first-order chi connectivity index (χ1) is 17.0. The van der Waals surface area contributed by atoms with Crippen molar-refractivity contribution in [2.75, 3.05) is 13.7 Å². The molecule has 1 aromatic heterocycles. The zero-order valence-corrected chi connectivity index (χ0v) is 20.0. The molecule has 1 aromatic carbocycles. The van der Waals surface area contributed by atoms with Crippen LogP contribution in [-0.2, 0) is 9.53 Å². The highest BCUT2D eigenvalue weighted by atomic mass is 16.5. The normalized spacial score (nSPS) is 19.7. The van der Waals surface area contributed by atoms with Crippen LogP contribution in [0.25, 0.3) is 0 Å². The molecule has 1 unspecified atom stereocenters. The number of amides is 2. The maximum atomic E-state index is 13.4. The van der Waals surface area contributed by atoms with Gasteiger partial charge < -0.3 is 19.9 Å². The largest absolute Gasteiger partial charge is 0.453 e. The van der Waals surface area contributed by atoms with Crippen LogP contribution in [0, 0.1) is 5.92 Å². The summed E-state index contributed by atoms with van der Waals surface area (Å²) in [7, 11) is 1.29. The summed E-state index contributed by atoms with van der Waals surface area (Å²) in [5, 5.41) is 2.68. The number of aromatic nitrogens is 2. The highest BCUT2D eigenvalue weighted by molar-refractivity contribution is 6.29. The molecule has 9 heteroatoms. The minimum atomic E-state index is -0.666. The number of carbonyl (C=O) groups excluding carboxylic acids is 2. The predicted octanol–water partition coefficient (Wildman–Crippen LogP) is 3.53. The average Bonchev–Trinajstić information content (AvgIpc) is 3.65. The van der Waals surface area contributed by atoms with Crippen molar-refractivity contribution in [1.29, 1.82) is 0 Å². The number of allylic oxidation sites excluding steroid dienone is 2. The number of benzene rings is 1. The van der Waals surface area contributed by atoms with Crippen molar-refractivity contribution >= 4 is 23.4 Å². The van der Waals surface area contributed by atoms with Crippen LogP contribution >= 0.6 is 0 Å². The molecule has 0 bridgehead atoms. The second kappa shape index (κ2) is 9.32. The summed E-state index contributed by atoms with van der Waals surface area (Å²) in [6, 6.07) is 9.18. The molecule has 2 amide bonds. The van der Waals surface area contributed by atoms with Crippen LogP contribution in [0.3, 0.4) is 0 Å². The van der Waals surface area contributed by atoms with Crippen LogP contribution in [0.4, 0.5) is 4.79 Å². The standard InChI is InChI=1S/C26H28N6O3/c1-15(2)21(31-26(34)35-3)25(33)32-11-7-10-20(32)24-29-14-19(30-24)23-18-13-27-22(17(18)12-28-23)16-8-5-4-6-9-16/h4-6,8-9,12-15,20-21H,7,10-11H2,1-3H3,(H,29,30)(H,31,34)/t20?,21-/m0/s1. The van der Waals surface area contributed by atoms with Gasteiger partial charge >= 0.3 is 6.09 Å². The molecule has 0 aliphatic carbocycles. The zero-order chi connectivity index (χ0) is 24.5.